The molecule has 1 aliphatic heterocycles. The first-order valence-corrected chi connectivity index (χ1v) is 8.53. The van der Waals surface area contributed by atoms with Crippen molar-refractivity contribution in [2.45, 2.75) is 38.1 Å². The number of halogens is 1. The Morgan fingerprint density at radius 1 is 1.31 bits per heavy atom. The third kappa shape index (κ3) is 3.16. The molecular weight excluding hydrogens is 286 g/mol. The standard InChI is InChI=1S/C12H20BrNOS/c13-7-9-3-1-2-4-11(9)14-12(15)10-5-6-16-8-10/h9-11H,1-8H2,(H,14,15). The summed E-state index contributed by atoms with van der Waals surface area (Å²) in [7, 11) is 0. The molecule has 1 saturated heterocycles. The molecule has 0 spiro atoms. The summed E-state index contributed by atoms with van der Waals surface area (Å²) >= 11 is 5.48. The highest BCUT2D eigenvalue weighted by Crippen LogP contribution is 2.28. The maximum Gasteiger partial charge on any atom is 0.224 e. The molecule has 0 radical (unpaired) electrons. The van der Waals surface area contributed by atoms with Crippen LogP contribution in [0.5, 0.6) is 0 Å². The Kier molecular flexibility index (Phi) is 5.01. The minimum Gasteiger partial charge on any atom is -0.353 e. The molecule has 0 aromatic rings. The molecule has 0 aromatic carbocycles. The van der Waals surface area contributed by atoms with Gasteiger partial charge in [0.1, 0.15) is 0 Å². The molecule has 1 heterocycles. The van der Waals surface area contributed by atoms with Crippen LogP contribution in [0.4, 0.5) is 0 Å². The Labute approximate surface area is 110 Å². The number of alkyl halides is 1. The van der Waals surface area contributed by atoms with Crippen molar-refractivity contribution in [3.8, 4) is 0 Å². The summed E-state index contributed by atoms with van der Waals surface area (Å²) in [5.41, 5.74) is 0. The fourth-order valence-corrected chi connectivity index (χ4v) is 4.62. The Morgan fingerprint density at radius 3 is 2.81 bits per heavy atom. The number of hydrogen-bond donors (Lipinski definition) is 1. The smallest absolute Gasteiger partial charge is 0.224 e. The number of carbonyl (C=O) groups is 1. The minimum atomic E-state index is 0.280. The van der Waals surface area contributed by atoms with Crippen molar-refractivity contribution in [2.75, 3.05) is 16.8 Å². The second-order valence-electron chi connectivity index (χ2n) is 4.87. The average molecular weight is 306 g/mol. The number of hydrogen-bond acceptors (Lipinski definition) is 2. The topological polar surface area (TPSA) is 29.1 Å². The second kappa shape index (κ2) is 6.29. The SMILES string of the molecule is O=C(NC1CCCCC1CBr)C1CCSC1. The van der Waals surface area contributed by atoms with Gasteiger partial charge in [0.25, 0.3) is 0 Å². The minimum absolute atomic E-state index is 0.280. The molecule has 92 valence electrons. The lowest BCUT2D eigenvalue weighted by Gasteiger charge is -2.31. The second-order valence-corrected chi connectivity index (χ2v) is 6.67. The number of rotatable bonds is 3. The molecule has 0 bridgehead atoms. The van der Waals surface area contributed by atoms with Crippen LogP contribution < -0.4 is 5.32 Å². The van der Waals surface area contributed by atoms with E-state index in [1.54, 1.807) is 0 Å². The largest absolute Gasteiger partial charge is 0.353 e. The zero-order chi connectivity index (χ0) is 11.4. The van der Waals surface area contributed by atoms with Gasteiger partial charge in [-0.15, -0.1) is 0 Å². The summed E-state index contributed by atoms with van der Waals surface area (Å²) in [6.07, 6.45) is 6.09. The Hall–Kier alpha value is 0.300. The van der Waals surface area contributed by atoms with Gasteiger partial charge >= 0.3 is 0 Å². The Morgan fingerprint density at radius 2 is 2.12 bits per heavy atom. The van der Waals surface area contributed by atoms with Crippen molar-refractivity contribution in [1.82, 2.24) is 5.32 Å². The first kappa shape index (κ1) is 12.7. The zero-order valence-corrected chi connectivity index (χ0v) is 12.0. The summed E-state index contributed by atoms with van der Waals surface area (Å²) < 4.78 is 0. The van der Waals surface area contributed by atoms with Crippen molar-refractivity contribution in [3.05, 3.63) is 0 Å². The van der Waals surface area contributed by atoms with E-state index in [2.05, 4.69) is 21.2 Å². The third-order valence-electron chi connectivity index (χ3n) is 3.74. The third-order valence-corrected chi connectivity index (χ3v) is 5.73. The molecule has 1 amide bonds. The molecule has 1 saturated carbocycles. The summed E-state index contributed by atoms with van der Waals surface area (Å²) in [6, 6.07) is 0.422. The predicted molar refractivity (Wildman–Crippen MR) is 73.1 cm³/mol. The van der Waals surface area contributed by atoms with Crippen molar-refractivity contribution in [3.63, 3.8) is 0 Å². The number of amides is 1. The highest BCUT2D eigenvalue weighted by molar-refractivity contribution is 9.09. The maximum absolute atomic E-state index is 12.0. The van der Waals surface area contributed by atoms with Crippen LogP contribution >= 0.6 is 27.7 Å². The molecule has 1 N–H and O–H groups in total. The summed E-state index contributed by atoms with van der Waals surface area (Å²) in [5, 5.41) is 4.30. The molecule has 2 aliphatic rings. The number of carbonyl (C=O) groups excluding carboxylic acids is 1. The number of thioether (sulfide) groups is 1. The molecule has 1 aliphatic carbocycles. The molecule has 0 aromatic heterocycles. The first-order valence-electron chi connectivity index (χ1n) is 6.25. The quantitative estimate of drug-likeness (QED) is 0.812. The maximum atomic E-state index is 12.0. The van der Waals surface area contributed by atoms with E-state index in [1.165, 1.54) is 25.7 Å². The molecule has 3 atom stereocenters. The highest BCUT2D eigenvalue weighted by Gasteiger charge is 2.29. The van der Waals surface area contributed by atoms with Crippen molar-refractivity contribution in [2.24, 2.45) is 11.8 Å². The molecule has 16 heavy (non-hydrogen) atoms. The summed E-state index contributed by atoms with van der Waals surface area (Å²) in [4.78, 5) is 12.0. The fourth-order valence-electron chi connectivity index (χ4n) is 2.62. The average Bonchev–Trinajstić information content (AvgIpc) is 2.83. The van der Waals surface area contributed by atoms with Crippen LogP contribution in [0.2, 0.25) is 0 Å². The van der Waals surface area contributed by atoms with Gasteiger partial charge in [0.15, 0.2) is 0 Å². The van der Waals surface area contributed by atoms with Gasteiger partial charge in [0, 0.05) is 23.0 Å². The van der Waals surface area contributed by atoms with E-state index in [0.717, 1.165) is 23.3 Å². The van der Waals surface area contributed by atoms with Gasteiger partial charge in [-0.25, -0.2) is 0 Å². The van der Waals surface area contributed by atoms with Crippen LogP contribution in [0.15, 0.2) is 0 Å². The molecule has 2 rings (SSSR count). The van der Waals surface area contributed by atoms with E-state index in [-0.39, 0.29) is 5.92 Å². The molecule has 4 heteroatoms. The van der Waals surface area contributed by atoms with Gasteiger partial charge in [-0.3, -0.25) is 4.79 Å². The lowest BCUT2D eigenvalue weighted by molar-refractivity contribution is -0.125. The van der Waals surface area contributed by atoms with Crippen molar-refractivity contribution < 1.29 is 4.79 Å². The van der Waals surface area contributed by atoms with Crippen LogP contribution in [0.1, 0.15) is 32.1 Å². The Balaban J connectivity index is 1.84. The van der Waals surface area contributed by atoms with E-state index in [0.29, 0.717) is 17.9 Å². The highest BCUT2D eigenvalue weighted by atomic mass is 79.9. The monoisotopic (exact) mass is 305 g/mol. The summed E-state index contributed by atoms with van der Waals surface area (Å²) in [5.74, 6) is 3.42. The van der Waals surface area contributed by atoms with Gasteiger partial charge < -0.3 is 5.32 Å². The van der Waals surface area contributed by atoms with Crippen LogP contribution in [0.25, 0.3) is 0 Å². The Bertz CT molecular complexity index is 243. The predicted octanol–water partition coefficient (Wildman–Crippen LogP) is 2.81. The number of nitrogens with one attached hydrogen (secondary N) is 1. The molecule has 2 nitrogen and oxygen atoms in total. The van der Waals surface area contributed by atoms with Gasteiger partial charge in [-0.2, -0.15) is 11.8 Å². The normalized spacial score (nSPS) is 34.9. The van der Waals surface area contributed by atoms with Crippen LogP contribution in [-0.4, -0.2) is 28.8 Å². The first-order chi connectivity index (χ1) is 7.81. The van der Waals surface area contributed by atoms with E-state index in [4.69, 9.17) is 0 Å². The zero-order valence-electron chi connectivity index (χ0n) is 9.58. The van der Waals surface area contributed by atoms with E-state index in [1.807, 2.05) is 11.8 Å². The molecule has 3 unspecified atom stereocenters. The van der Waals surface area contributed by atoms with E-state index >= 15 is 0 Å². The lowest BCUT2D eigenvalue weighted by Crippen LogP contribution is -2.45. The molecule has 2 fully saturated rings. The summed E-state index contributed by atoms with van der Waals surface area (Å²) in [6.45, 7) is 0. The van der Waals surface area contributed by atoms with Gasteiger partial charge in [0.2, 0.25) is 5.91 Å². The lowest BCUT2D eigenvalue weighted by atomic mass is 9.85. The molecular formula is C12H20BrNOS. The van der Waals surface area contributed by atoms with Crippen LogP contribution in [-0.2, 0) is 4.79 Å². The van der Waals surface area contributed by atoms with Crippen molar-refractivity contribution >= 4 is 33.6 Å². The van der Waals surface area contributed by atoms with Gasteiger partial charge in [-0.05, 0) is 30.9 Å². The van der Waals surface area contributed by atoms with E-state index in [9.17, 15) is 4.79 Å². The van der Waals surface area contributed by atoms with Crippen LogP contribution in [0.3, 0.4) is 0 Å². The van der Waals surface area contributed by atoms with E-state index < -0.39 is 0 Å². The fraction of sp³-hybridized carbons (Fsp3) is 0.917. The van der Waals surface area contributed by atoms with Crippen molar-refractivity contribution in [1.29, 1.82) is 0 Å². The van der Waals surface area contributed by atoms with Gasteiger partial charge in [0.05, 0.1) is 0 Å². The van der Waals surface area contributed by atoms with Crippen LogP contribution in [0, 0.1) is 11.8 Å². The van der Waals surface area contributed by atoms with Gasteiger partial charge in [-0.1, -0.05) is 28.8 Å².